The molecule has 1 saturated heterocycles. The van der Waals surface area contributed by atoms with Gasteiger partial charge in [-0.1, -0.05) is 11.6 Å². The molecule has 1 spiro atoms. The molecule has 11 nitrogen and oxygen atoms in total. The van der Waals surface area contributed by atoms with Crippen LogP contribution in [0.4, 0.5) is 11.6 Å². The Hall–Kier alpha value is -3.83. The Morgan fingerprint density at radius 3 is 2.69 bits per heavy atom. The van der Waals surface area contributed by atoms with E-state index >= 15 is 0 Å². The molecule has 178 valence electrons. The van der Waals surface area contributed by atoms with Gasteiger partial charge in [0.1, 0.15) is 16.7 Å². The number of halogens is 1. The average Bonchev–Trinajstić information content (AvgIpc) is 3.13. The summed E-state index contributed by atoms with van der Waals surface area (Å²) in [5.41, 5.74) is 13.7. The van der Waals surface area contributed by atoms with Crippen molar-refractivity contribution in [2.24, 2.45) is 11.1 Å². The lowest BCUT2D eigenvalue weighted by Crippen LogP contribution is -2.44. The third-order valence-corrected chi connectivity index (χ3v) is 7.68. The van der Waals surface area contributed by atoms with Crippen LogP contribution in [-0.2, 0) is 6.42 Å². The lowest BCUT2D eigenvalue weighted by Gasteiger charge is -2.42. The standard InChI is InChI=1S/C23H22ClN9O2/c24-16-14(2-6-28-19(16)26)33-21(34)17-20(31-22(33)35)30-15(11-29-17)32-7-3-23(4-8-32)9-12-10-27-5-1-13(12)18(23)25/h1-2,5-6,10-11,18H,3-4,7-9,25H2,(H2,26,28)(H,30,31,35)/t18-/m1/s1. The largest absolute Gasteiger partial charge is 0.382 e. The first-order valence-corrected chi connectivity index (χ1v) is 11.6. The molecule has 12 heteroatoms. The number of nitrogens with one attached hydrogen (secondary N) is 1. The summed E-state index contributed by atoms with van der Waals surface area (Å²) in [6.45, 7) is 1.48. The summed E-state index contributed by atoms with van der Waals surface area (Å²) in [4.78, 5) is 47.7. The van der Waals surface area contributed by atoms with E-state index in [0.717, 1.165) is 36.9 Å². The van der Waals surface area contributed by atoms with Crippen molar-refractivity contribution in [2.45, 2.75) is 25.3 Å². The molecule has 4 aromatic rings. The number of nitrogens with two attached hydrogens (primary N) is 2. The third-order valence-electron chi connectivity index (χ3n) is 7.29. The molecule has 4 aromatic heterocycles. The van der Waals surface area contributed by atoms with Gasteiger partial charge in [-0.3, -0.25) is 14.8 Å². The van der Waals surface area contributed by atoms with E-state index in [9.17, 15) is 9.59 Å². The van der Waals surface area contributed by atoms with Crippen molar-refractivity contribution in [1.82, 2.24) is 29.5 Å². The molecule has 1 fully saturated rings. The number of hydrogen-bond acceptors (Lipinski definition) is 9. The summed E-state index contributed by atoms with van der Waals surface area (Å²) in [5.74, 6) is 0.610. The minimum Gasteiger partial charge on any atom is -0.382 e. The number of rotatable bonds is 2. The smallest absolute Gasteiger partial charge is 0.334 e. The number of aromatic amines is 1. The summed E-state index contributed by atoms with van der Waals surface area (Å²) < 4.78 is 0.885. The highest BCUT2D eigenvalue weighted by atomic mass is 35.5. The van der Waals surface area contributed by atoms with Gasteiger partial charge in [0.15, 0.2) is 11.2 Å². The van der Waals surface area contributed by atoms with Gasteiger partial charge in [0.05, 0.1) is 11.9 Å². The number of piperidine rings is 1. The summed E-state index contributed by atoms with van der Waals surface area (Å²) in [6, 6.07) is 3.44. The van der Waals surface area contributed by atoms with Crippen molar-refractivity contribution in [3.63, 3.8) is 0 Å². The molecular weight excluding hydrogens is 470 g/mol. The van der Waals surface area contributed by atoms with Crippen molar-refractivity contribution >= 4 is 34.4 Å². The summed E-state index contributed by atoms with van der Waals surface area (Å²) in [5, 5.41) is 0.00864. The minimum atomic E-state index is -0.692. The molecular formula is C23H22ClN9O2. The van der Waals surface area contributed by atoms with E-state index in [2.05, 4.69) is 29.8 Å². The molecule has 5 heterocycles. The molecule has 0 aromatic carbocycles. The number of nitrogens with zero attached hydrogens (tertiary/aromatic N) is 6. The van der Waals surface area contributed by atoms with Crippen LogP contribution in [0.15, 0.2) is 46.5 Å². The van der Waals surface area contributed by atoms with Crippen molar-refractivity contribution in [3.8, 4) is 5.69 Å². The zero-order valence-electron chi connectivity index (χ0n) is 18.6. The van der Waals surface area contributed by atoms with E-state index in [1.165, 1.54) is 23.4 Å². The molecule has 6 rings (SSSR count). The van der Waals surface area contributed by atoms with Crippen molar-refractivity contribution in [3.05, 3.63) is 73.9 Å². The van der Waals surface area contributed by atoms with Crippen LogP contribution in [0.3, 0.4) is 0 Å². The lowest BCUT2D eigenvalue weighted by molar-refractivity contribution is 0.187. The van der Waals surface area contributed by atoms with Crippen LogP contribution in [0.25, 0.3) is 16.9 Å². The van der Waals surface area contributed by atoms with Crippen LogP contribution in [-0.4, -0.2) is 42.6 Å². The summed E-state index contributed by atoms with van der Waals surface area (Å²) in [7, 11) is 0. The normalized spacial score (nSPS) is 18.8. The minimum absolute atomic E-state index is 0.000158. The molecule has 1 aliphatic carbocycles. The third kappa shape index (κ3) is 3.30. The Balaban J connectivity index is 1.30. The van der Waals surface area contributed by atoms with Gasteiger partial charge in [0, 0.05) is 37.7 Å². The maximum atomic E-state index is 13.1. The predicted octanol–water partition coefficient (Wildman–Crippen LogP) is 1.34. The van der Waals surface area contributed by atoms with E-state index in [-0.39, 0.29) is 39.1 Å². The molecule has 2 aliphatic rings. The first-order chi connectivity index (χ1) is 16.9. The SMILES string of the molecule is Nc1nccc(-n2c(=O)[nH]c3nc(N4CCC5(CC4)Cc4cnccc4[C@H]5N)cnc3c2=O)c1Cl. The van der Waals surface area contributed by atoms with Gasteiger partial charge in [-0.15, -0.1) is 0 Å². The maximum absolute atomic E-state index is 13.1. The van der Waals surface area contributed by atoms with Gasteiger partial charge in [0.2, 0.25) is 0 Å². The Kier molecular flexibility index (Phi) is 4.87. The molecule has 1 aliphatic heterocycles. The summed E-state index contributed by atoms with van der Waals surface area (Å²) >= 11 is 6.19. The van der Waals surface area contributed by atoms with Gasteiger partial charge in [-0.25, -0.2) is 24.3 Å². The highest BCUT2D eigenvalue weighted by Crippen LogP contribution is 2.50. The zero-order chi connectivity index (χ0) is 24.3. The average molecular weight is 492 g/mol. The van der Waals surface area contributed by atoms with Gasteiger partial charge >= 0.3 is 5.69 Å². The highest BCUT2D eigenvalue weighted by Gasteiger charge is 2.46. The monoisotopic (exact) mass is 491 g/mol. The van der Waals surface area contributed by atoms with E-state index in [1.807, 2.05) is 12.3 Å². The van der Waals surface area contributed by atoms with Gasteiger partial charge in [-0.2, -0.15) is 0 Å². The molecule has 1 atom stereocenters. The fraction of sp³-hybridized carbons (Fsp3) is 0.304. The van der Waals surface area contributed by atoms with Crippen LogP contribution in [0, 0.1) is 5.41 Å². The number of pyridine rings is 2. The van der Waals surface area contributed by atoms with Crippen LogP contribution in [0.5, 0.6) is 0 Å². The molecule has 0 bridgehead atoms. The number of anilines is 2. The number of fused-ring (bicyclic) bond motifs is 2. The lowest BCUT2D eigenvalue weighted by atomic mass is 9.73. The van der Waals surface area contributed by atoms with Crippen molar-refractivity contribution in [1.29, 1.82) is 0 Å². The van der Waals surface area contributed by atoms with Crippen LogP contribution in [0.1, 0.15) is 30.0 Å². The number of aromatic nitrogens is 6. The fourth-order valence-corrected chi connectivity index (χ4v) is 5.55. The second kappa shape index (κ2) is 7.85. The molecule has 35 heavy (non-hydrogen) atoms. The van der Waals surface area contributed by atoms with Crippen LogP contribution in [0.2, 0.25) is 5.02 Å². The highest BCUT2D eigenvalue weighted by molar-refractivity contribution is 6.34. The Morgan fingerprint density at radius 1 is 1.11 bits per heavy atom. The first-order valence-electron chi connectivity index (χ1n) is 11.2. The van der Waals surface area contributed by atoms with E-state index < -0.39 is 11.2 Å². The van der Waals surface area contributed by atoms with Crippen LogP contribution < -0.4 is 27.6 Å². The topological polar surface area (TPSA) is 162 Å². The molecule has 5 N–H and O–H groups in total. The quantitative estimate of drug-likeness (QED) is 0.375. The molecule has 0 amide bonds. The molecule has 0 saturated carbocycles. The zero-order valence-corrected chi connectivity index (χ0v) is 19.4. The second-order valence-corrected chi connectivity index (χ2v) is 9.48. The van der Waals surface area contributed by atoms with Gasteiger partial charge in [0.25, 0.3) is 5.56 Å². The van der Waals surface area contributed by atoms with E-state index in [1.54, 1.807) is 12.4 Å². The van der Waals surface area contributed by atoms with Crippen molar-refractivity contribution < 1.29 is 0 Å². The second-order valence-electron chi connectivity index (χ2n) is 9.10. The molecule has 0 unspecified atom stereocenters. The Morgan fingerprint density at radius 2 is 1.91 bits per heavy atom. The Bertz CT molecular complexity index is 1590. The van der Waals surface area contributed by atoms with Gasteiger partial charge < -0.3 is 16.4 Å². The van der Waals surface area contributed by atoms with Gasteiger partial charge in [-0.05, 0) is 47.9 Å². The van der Waals surface area contributed by atoms with Crippen molar-refractivity contribution in [2.75, 3.05) is 23.7 Å². The predicted molar refractivity (Wildman–Crippen MR) is 132 cm³/mol. The Labute approximate surface area is 203 Å². The van der Waals surface area contributed by atoms with E-state index in [4.69, 9.17) is 23.1 Å². The number of hydrogen-bond donors (Lipinski definition) is 3. The number of nitrogen functional groups attached to an aromatic ring is 1. The molecule has 0 radical (unpaired) electrons. The maximum Gasteiger partial charge on any atom is 0.334 e. The van der Waals surface area contributed by atoms with E-state index in [0.29, 0.717) is 5.82 Å². The summed E-state index contributed by atoms with van der Waals surface area (Å²) in [6.07, 6.45) is 9.34. The number of H-pyrrole nitrogens is 1. The van der Waals surface area contributed by atoms with Crippen LogP contribution >= 0.6 is 11.6 Å². The first kappa shape index (κ1) is 21.7. The fourth-order valence-electron chi connectivity index (χ4n) is 5.35.